The van der Waals surface area contributed by atoms with E-state index >= 15 is 0 Å². The molecule has 0 spiro atoms. The summed E-state index contributed by atoms with van der Waals surface area (Å²) in [6.45, 7) is 0. The van der Waals surface area contributed by atoms with Crippen LogP contribution in [0.5, 0.6) is 0 Å². The van der Waals surface area contributed by atoms with Gasteiger partial charge in [0.15, 0.2) is 5.82 Å². The topological polar surface area (TPSA) is 90.8 Å². The van der Waals surface area contributed by atoms with Crippen LogP contribution in [-0.4, -0.2) is 28.6 Å². The minimum atomic E-state index is -4.69. The van der Waals surface area contributed by atoms with Crippen LogP contribution in [0.3, 0.4) is 0 Å². The Morgan fingerprint density at radius 3 is 2.26 bits per heavy atom. The molecule has 0 saturated carbocycles. The molecule has 0 saturated heterocycles. The summed E-state index contributed by atoms with van der Waals surface area (Å²) in [5.41, 5.74) is 0.462. The van der Waals surface area contributed by atoms with Gasteiger partial charge in [-0.15, -0.1) is 0 Å². The van der Waals surface area contributed by atoms with Gasteiger partial charge in [0.2, 0.25) is 0 Å². The van der Waals surface area contributed by atoms with Gasteiger partial charge in [-0.05, 0) is 42.6 Å². The van der Waals surface area contributed by atoms with Gasteiger partial charge in [-0.2, -0.15) is 13.2 Å². The summed E-state index contributed by atoms with van der Waals surface area (Å²) in [4.78, 5) is 22.3. The highest BCUT2D eigenvalue weighted by molar-refractivity contribution is 6.11. The smallest absolute Gasteiger partial charge is 0.394 e. The number of halogens is 3. The van der Waals surface area contributed by atoms with Crippen LogP contribution in [0.15, 0.2) is 85.1 Å². The van der Waals surface area contributed by atoms with E-state index in [-0.39, 0.29) is 11.4 Å². The number of rotatable bonds is 6. The van der Waals surface area contributed by atoms with Crippen LogP contribution in [0.2, 0.25) is 0 Å². The Bertz CT molecular complexity index is 1430. The van der Waals surface area contributed by atoms with Crippen molar-refractivity contribution in [3.8, 4) is 11.3 Å². The molecular weight excluding hydrogens is 455 g/mol. The molecule has 3 aromatic carbocycles. The van der Waals surface area contributed by atoms with Crippen LogP contribution in [0.1, 0.15) is 21.5 Å². The van der Waals surface area contributed by atoms with E-state index in [2.05, 4.69) is 20.6 Å². The molecule has 0 bridgehead atoms. The molecular formula is C26H20F3N5O. The van der Waals surface area contributed by atoms with Gasteiger partial charge in [-0.25, -0.2) is 9.97 Å². The quantitative estimate of drug-likeness (QED) is 0.314. The second-order valence-electron chi connectivity index (χ2n) is 7.52. The summed E-state index contributed by atoms with van der Waals surface area (Å²) >= 11 is 0. The minimum absolute atomic E-state index is 0.0513. The normalized spacial score (nSPS) is 11.5. The Morgan fingerprint density at radius 1 is 0.943 bits per heavy atom. The zero-order valence-corrected chi connectivity index (χ0v) is 18.5. The van der Waals surface area contributed by atoms with Gasteiger partial charge in [0.25, 0.3) is 5.91 Å². The van der Waals surface area contributed by atoms with Gasteiger partial charge in [0.05, 0.1) is 22.3 Å². The number of amides is 1. The molecule has 176 valence electrons. The van der Waals surface area contributed by atoms with Crippen molar-refractivity contribution in [2.45, 2.75) is 6.18 Å². The van der Waals surface area contributed by atoms with Crippen LogP contribution >= 0.6 is 0 Å². The molecule has 0 radical (unpaired) electrons. The van der Waals surface area contributed by atoms with E-state index in [4.69, 9.17) is 5.41 Å². The fourth-order valence-electron chi connectivity index (χ4n) is 3.48. The first-order valence-electron chi connectivity index (χ1n) is 10.6. The summed E-state index contributed by atoms with van der Waals surface area (Å²) < 4.78 is 40.6. The van der Waals surface area contributed by atoms with E-state index in [0.29, 0.717) is 22.3 Å². The highest BCUT2D eigenvalue weighted by Crippen LogP contribution is 2.33. The van der Waals surface area contributed by atoms with Crippen molar-refractivity contribution in [1.29, 1.82) is 5.41 Å². The summed E-state index contributed by atoms with van der Waals surface area (Å²) in [5, 5.41) is 13.4. The van der Waals surface area contributed by atoms with Gasteiger partial charge in [0, 0.05) is 23.7 Å². The van der Waals surface area contributed by atoms with Crippen LogP contribution in [0.4, 0.5) is 19.0 Å². The molecule has 0 fully saturated rings. The molecule has 6 nitrogen and oxygen atoms in total. The maximum absolute atomic E-state index is 13.5. The number of aromatic nitrogens is 2. The molecule has 0 aliphatic carbocycles. The Labute approximate surface area is 199 Å². The summed E-state index contributed by atoms with van der Waals surface area (Å²) in [6.07, 6.45) is -2.16. The van der Waals surface area contributed by atoms with E-state index in [1.165, 1.54) is 12.3 Å². The van der Waals surface area contributed by atoms with Crippen LogP contribution in [0.25, 0.3) is 22.3 Å². The molecule has 0 atom stereocenters. The number of alkyl halides is 3. The lowest BCUT2D eigenvalue weighted by Gasteiger charge is -2.15. The Morgan fingerprint density at radius 2 is 1.60 bits per heavy atom. The average molecular weight is 475 g/mol. The first-order valence-corrected chi connectivity index (χ1v) is 10.6. The van der Waals surface area contributed by atoms with Crippen molar-refractivity contribution >= 4 is 28.5 Å². The van der Waals surface area contributed by atoms with Crippen LogP contribution < -0.4 is 10.6 Å². The Hall–Kier alpha value is -4.53. The first-order chi connectivity index (χ1) is 16.8. The van der Waals surface area contributed by atoms with Crippen molar-refractivity contribution in [3.05, 3.63) is 102 Å². The number of hydrogen-bond donors (Lipinski definition) is 3. The minimum Gasteiger partial charge on any atom is -0.394 e. The predicted octanol–water partition coefficient (Wildman–Crippen LogP) is 5.67. The molecule has 35 heavy (non-hydrogen) atoms. The molecule has 1 amide bonds. The van der Waals surface area contributed by atoms with Crippen molar-refractivity contribution < 1.29 is 18.0 Å². The fourth-order valence-corrected chi connectivity index (χ4v) is 3.48. The zero-order valence-electron chi connectivity index (χ0n) is 18.5. The molecule has 1 heterocycles. The van der Waals surface area contributed by atoms with E-state index < -0.39 is 28.9 Å². The number of allylic oxidation sites excluding steroid dienone is 1. The third-order valence-corrected chi connectivity index (χ3v) is 5.14. The Kier molecular flexibility index (Phi) is 6.59. The number of anilines is 1. The molecule has 4 aromatic rings. The summed E-state index contributed by atoms with van der Waals surface area (Å²) in [6, 6.07) is 19.2. The van der Waals surface area contributed by atoms with E-state index in [1.54, 1.807) is 25.2 Å². The van der Waals surface area contributed by atoms with Crippen molar-refractivity contribution in [3.63, 3.8) is 0 Å². The average Bonchev–Trinajstić information content (AvgIpc) is 2.86. The molecule has 0 aliphatic heterocycles. The summed E-state index contributed by atoms with van der Waals surface area (Å²) in [5.74, 6) is -0.501. The lowest BCUT2D eigenvalue weighted by atomic mass is 9.99. The van der Waals surface area contributed by atoms with Crippen molar-refractivity contribution in [2.24, 2.45) is 0 Å². The lowest BCUT2D eigenvalue weighted by molar-refractivity contribution is -0.137. The third kappa shape index (κ3) is 5.19. The van der Waals surface area contributed by atoms with Gasteiger partial charge in [-0.3, -0.25) is 4.79 Å². The maximum atomic E-state index is 13.5. The number of carbonyl (C=O) groups excluding carboxylic acids is 1. The number of nitrogens with zero attached hydrogens (tertiary/aromatic N) is 2. The number of benzene rings is 3. The largest absolute Gasteiger partial charge is 0.417 e. The van der Waals surface area contributed by atoms with Gasteiger partial charge < -0.3 is 16.0 Å². The third-order valence-electron chi connectivity index (χ3n) is 5.14. The predicted molar refractivity (Wildman–Crippen MR) is 129 cm³/mol. The number of fused-ring (bicyclic) bond motifs is 1. The Balaban J connectivity index is 1.76. The standard InChI is InChI=1S/C26H20F3N5O/c1-31-14-13-20(30)18-15-17(11-12-19(18)26(27,28)29)25(35)34-24-23(16-7-3-2-4-8-16)32-21-9-5-6-10-22(21)33-24/h2-15,30-31H,1H3,(H,33,34,35)/b14-13-,30-20?. The van der Waals surface area contributed by atoms with Gasteiger partial charge in [-0.1, -0.05) is 42.5 Å². The second kappa shape index (κ2) is 9.76. The highest BCUT2D eigenvalue weighted by atomic mass is 19.4. The molecule has 3 N–H and O–H groups in total. The molecule has 0 aliphatic rings. The lowest BCUT2D eigenvalue weighted by Crippen LogP contribution is -2.18. The summed E-state index contributed by atoms with van der Waals surface area (Å²) in [7, 11) is 1.56. The van der Waals surface area contributed by atoms with E-state index in [0.717, 1.165) is 18.2 Å². The number of carbonyl (C=O) groups is 1. The number of nitrogens with one attached hydrogen (secondary N) is 3. The first kappa shape index (κ1) is 23.6. The molecule has 4 rings (SSSR count). The maximum Gasteiger partial charge on any atom is 0.417 e. The van der Waals surface area contributed by atoms with Gasteiger partial charge in [0.1, 0.15) is 5.69 Å². The monoisotopic (exact) mass is 475 g/mol. The van der Waals surface area contributed by atoms with Gasteiger partial charge >= 0.3 is 6.18 Å². The fraction of sp³-hybridized carbons (Fsp3) is 0.0769. The highest BCUT2D eigenvalue weighted by Gasteiger charge is 2.34. The number of para-hydroxylation sites is 2. The number of hydrogen-bond acceptors (Lipinski definition) is 5. The molecule has 1 aromatic heterocycles. The second-order valence-corrected chi connectivity index (χ2v) is 7.52. The SMILES string of the molecule is CN/C=C\C(=N)c1cc(C(=O)Nc2nc3ccccc3nc2-c2ccccc2)ccc1C(F)(F)F. The van der Waals surface area contributed by atoms with Crippen LogP contribution in [-0.2, 0) is 6.18 Å². The van der Waals surface area contributed by atoms with Crippen molar-refractivity contribution in [2.75, 3.05) is 12.4 Å². The molecule has 9 heteroatoms. The van der Waals surface area contributed by atoms with Crippen LogP contribution in [0, 0.1) is 5.41 Å². The van der Waals surface area contributed by atoms with Crippen molar-refractivity contribution in [1.82, 2.24) is 15.3 Å². The zero-order chi connectivity index (χ0) is 25.0. The van der Waals surface area contributed by atoms with E-state index in [1.807, 2.05) is 36.4 Å². The molecule has 0 unspecified atom stereocenters. The van der Waals surface area contributed by atoms with E-state index in [9.17, 15) is 18.0 Å².